The largest absolute Gasteiger partial charge is 0.396 e. The van der Waals surface area contributed by atoms with Crippen LogP contribution in [0.5, 0.6) is 0 Å². The molecule has 3 nitrogen and oxygen atoms in total. The van der Waals surface area contributed by atoms with Crippen molar-refractivity contribution >= 4 is 29.9 Å². The van der Waals surface area contributed by atoms with Gasteiger partial charge in [0.15, 0.2) is 0 Å². The van der Waals surface area contributed by atoms with Gasteiger partial charge in [-0.05, 0) is 43.7 Å². The highest BCUT2D eigenvalue weighted by atomic mass is 35.5. The van der Waals surface area contributed by atoms with Gasteiger partial charge in [-0.25, -0.2) is 0 Å². The second-order valence-corrected chi connectivity index (χ2v) is 6.71. The molecule has 0 radical (unpaired) electrons. The summed E-state index contributed by atoms with van der Waals surface area (Å²) in [6.45, 7) is 8.19. The Hall–Kier alpha value is -0.420. The first-order chi connectivity index (χ1) is 10.3. The van der Waals surface area contributed by atoms with Crippen LogP contribution >= 0.6 is 24.2 Å². The molecule has 0 amide bonds. The molecular weight excluding hydrogens is 316 g/mol. The fraction of sp³-hybridized carbons (Fsp3) is 0.647. The van der Waals surface area contributed by atoms with E-state index in [1.165, 1.54) is 22.8 Å². The Morgan fingerprint density at radius 2 is 1.82 bits per heavy atom. The maximum absolute atomic E-state index is 8.86. The molecule has 1 aliphatic heterocycles. The van der Waals surface area contributed by atoms with Crippen molar-refractivity contribution in [2.75, 3.05) is 50.0 Å². The maximum Gasteiger partial charge on any atom is 0.0505 e. The van der Waals surface area contributed by atoms with Gasteiger partial charge >= 0.3 is 0 Å². The Kier molecular flexibility index (Phi) is 9.96. The van der Waals surface area contributed by atoms with Crippen molar-refractivity contribution < 1.29 is 5.11 Å². The molecule has 0 aromatic heterocycles. The summed E-state index contributed by atoms with van der Waals surface area (Å²) in [5.74, 6) is 1.19. The Morgan fingerprint density at radius 1 is 1.09 bits per heavy atom. The van der Waals surface area contributed by atoms with E-state index >= 15 is 0 Å². The van der Waals surface area contributed by atoms with Crippen LogP contribution in [0.1, 0.15) is 26.2 Å². The Balaban J connectivity index is 0.00000242. The molecule has 0 saturated carbocycles. The number of nitrogens with zero attached hydrogens (tertiary/aromatic N) is 2. The zero-order chi connectivity index (χ0) is 14.9. The molecule has 1 fully saturated rings. The van der Waals surface area contributed by atoms with E-state index in [0.717, 1.165) is 45.6 Å². The van der Waals surface area contributed by atoms with Crippen molar-refractivity contribution in [1.29, 1.82) is 0 Å². The summed E-state index contributed by atoms with van der Waals surface area (Å²) in [5.41, 5.74) is 1.41. The van der Waals surface area contributed by atoms with E-state index in [4.69, 9.17) is 5.11 Å². The third kappa shape index (κ3) is 5.99. The van der Waals surface area contributed by atoms with E-state index in [9.17, 15) is 0 Å². The second kappa shape index (κ2) is 11.2. The number of halogens is 1. The standard InChI is InChI=1S/C17H28N2OS.ClH/c1-2-15-21-17-8-4-3-7-16(17)19-12-10-18(11-13-19)9-5-6-14-20;/h3-4,7-8,20H,2,5-6,9-15H2,1H3;1H. The number of thioether (sulfide) groups is 1. The molecular formula is C17H29ClN2OS. The van der Waals surface area contributed by atoms with Gasteiger partial charge in [-0.3, -0.25) is 4.90 Å². The first-order valence-corrected chi connectivity index (χ1v) is 9.13. The molecule has 0 atom stereocenters. The van der Waals surface area contributed by atoms with E-state index < -0.39 is 0 Å². The number of aliphatic hydroxyl groups is 1. The van der Waals surface area contributed by atoms with Crippen LogP contribution in [-0.2, 0) is 0 Å². The van der Waals surface area contributed by atoms with Gasteiger partial charge in [0.1, 0.15) is 0 Å². The van der Waals surface area contributed by atoms with Gasteiger partial charge in [0.05, 0.1) is 5.69 Å². The van der Waals surface area contributed by atoms with Crippen molar-refractivity contribution in [1.82, 2.24) is 4.90 Å². The highest BCUT2D eigenvalue weighted by molar-refractivity contribution is 7.99. The molecule has 1 heterocycles. The molecule has 1 aromatic carbocycles. The number of hydrogen-bond donors (Lipinski definition) is 1. The highest BCUT2D eigenvalue weighted by Gasteiger charge is 2.18. The van der Waals surface area contributed by atoms with Gasteiger partial charge in [0, 0.05) is 37.7 Å². The van der Waals surface area contributed by atoms with E-state index in [0.29, 0.717) is 6.61 Å². The number of unbranched alkanes of at least 4 members (excludes halogenated alkanes) is 1. The summed E-state index contributed by atoms with van der Waals surface area (Å²) >= 11 is 1.98. The smallest absolute Gasteiger partial charge is 0.0505 e. The molecule has 126 valence electrons. The topological polar surface area (TPSA) is 26.7 Å². The molecule has 1 saturated heterocycles. The van der Waals surface area contributed by atoms with Crippen LogP contribution in [0.4, 0.5) is 5.69 Å². The van der Waals surface area contributed by atoms with Crippen molar-refractivity contribution in [3.8, 4) is 0 Å². The van der Waals surface area contributed by atoms with Crippen LogP contribution in [0.3, 0.4) is 0 Å². The summed E-state index contributed by atoms with van der Waals surface area (Å²) in [7, 11) is 0. The molecule has 1 aromatic rings. The van der Waals surface area contributed by atoms with Crippen LogP contribution in [0.25, 0.3) is 0 Å². The lowest BCUT2D eigenvalue weighted by Gasteiger charge is -2.37. The summed E-state index contributed by atoms with van der Waals surface area (Å²) in [6, 6.07) is 8.81. The van der Waals surface area contributed by atoms with Crippen molar-refractivity contribution in [3.05, 3.63) is 24.3 Å². The summed E-state index contributed by atoms with van der Waals surface area (Å²) in [4.78, 5) is 6.47. The van der Waals surface area contributed by atoms with Crippen LogP contribution in [0.15, 0.2) is 29.2 Å². The number of hydrogen-bond acceptors (Lipinski definition) is 4. The minimum atomic E-state index is 0. The van der Waals surface area contributed by atoms with E-state index in [2.05, 4.69) is 41.0 Å². The van der Waals surface area contributed by atoms with Crippen molar-refractivity contribution in [2.45, 2.75) is 31.1 Å². The van der Waals surface area contributed by atoms with Gasteiger partial charge in [0.25, 0.3) is 0 Å². The number of anilines is 1. The predicted octanol–water partition coefficient (Wildman–Crippen LogP) is 3.51. The van der Waals surface area contributed by atoms with Gasteiger partial charge in [-0.15, -0.1) is 24.2 Å². The van der Waals surface area contributed by atoms with Gasteiger partial charge in [0.2, 0.25) is 0 Å². The summed E-state index contributed by atoms with van der Waals surface area (Å²) < 4.78 is 0. The molecule has 2 rings (SSSR count). The number of piperazine rings is 1. The molecule has 0 aliphatic carbocycles. The normalized spacial score (nSPS) is 15.6. The van der Waals surface area contributed by atoms with E-state index in [-0.39, 0.29) is 12.4 Å². The minimum absolute atomic E-state index is 0. The molecule has 1 N–H and O–H groups in total. The molecule has 22 heavy (non-hydrogen) atoms. The summed E-state index contributed by atoms with van der Waals surface area (Å²) in [5, 5.41) is 8.86. The van der Waals surface area contributed by atoms with Crippen molar-refractivity contribution in [2.24, 2.45) is 0 Å². The van der Waals surface area contributed by atoms with Crippen LogP contribution in [0.2, 0.25) is 0 Å². The Morgan fingerprint density at radius 3 is 2.50 bits per heavy atom. The lowest BCUT2D eigenvalue weighted by Crippen LogP contribution is -2.46. The maximum atomic E-state index is 8.86. The SMILES string of the molecule is CCCSc1ccccc1N1CCN(CCCCO)CC1.Cl. The predicted molar refractivity (Wildman–Crippen MR) is 99.7 cm³/mol. The van der Waals surface area contributed by atoms with E-state index in [1.54, 1.807) is 0 Å². The molecule has 0 spiro atoms. The number of benzene rings is 1. The second-order valence-electron chi connectivity index (χ2n) is 5.58. The molecule has 5 heteroatoms. The number of para-hydroxylation sites is 1. The zero-order valence-electron chi connectivity index (χ0n) is 13.5. The van der Waals surface area contributed by atoms with Crippen LogP contribution < -0.4 is 4.90 Å². The lowest BCUT2D eigenvalue weighted by atomic mass is 10.2. The first-order valence-electron chi connectivity index (χ1n) is 8.15. The fourth-order valence-corrected chi connectivity index (χ4v) is 3.66. The van der Waals surface area contributed by atoms with Crippen molar-refractivity contribution in [3.63, 3.8) is 0 Å². The third-order valence-electron chi connectivity index (χ3n) is 3.92. The highest BCUT2D eigenvalue weighted by Crippen LogP contribution is 2.31. The van der Waals surface area contributed by atoms with Gasteiger partial charge < -0.3 is 10.0 Å². The van der Waals surface area contributed by atoms with Crippen LogP contribution in [-0.4, -0.2) is 55.1 Å². The first kappa shape index (κ1) is 19.6. The number of aliphatic hydroxyl groups excluding tert-OH is 1. The Labute approximate surface area is 145 Å². The average Bonchev–Trinajstić information content (AvgIpc) is 2.54. The molecule has 0 unspecified atom stereocenters. The minimum Gasteiger partial charge on any atom is -0.396 e. The lowest BCUT2D eigenvalue weighted by molar-refractivity contribution is 0.232. The number of rotatable bonds is 8. The van der Waals surface area contributed by atoms with E-state index in [1.807, 2.05) is 11.8 Å². The third-order valence-corrected chi connectivity index (χ3v) is 5.19. The zero-order valence-corrected chi connectivity index (χ0v) is 15.2. The Bertz CT molecular complexity index is 411. The summed E-state index contributed by atoms with van der Waals surface area (Å²) in [6.07, 6.45) is 3.26. The average molecular weight is 345 g/mol. The molecule has 0 bridgehead atoms. The quantitative estimate of drug-likeness (QED) is 0.576. The molecule has 1 aliphatic rings. The van der Waals surface area contributed by atoms with Crippen LogP contribution in [0, 0.1) is 0 Å². The monoisotopic (exact) mass is 344 g/mol. The fourth-order valence-electron chi connectivity index (χ4n) is 2.71. The van der Waals surface area contributed by atoms with Gasteiger partial charge in [-0.2, -0.15) is 0 Å². The van der Waals surface area contributed by atoms with Gasteiger partial charge in [-0.1, -0.05) is 19.1 Å².